The van der Waals surface area contributed by atoms with Crippen LogP contribution in [0.4, 0.5) is 22.4 Å². The maximum Gasteiger partial charge on any atom is 0.318 e. The summed E-state index contributed by atoms with van der Waals surface area (Å²) in [5, 5.41) is 8.64. The molecule has 3 heterocycles. The molecule has 0 bridgehead atoms. The molecule has 7 nitrogen and oxygen atoms in total. The highest BCUT2D eigenvalue weighted by atomic mass is 19.3. The van der Waals surface area contributed by atoms with E-state index in [4.69, 9.17) is 10.7 Å². The largest absolute Gasteiger partial charge is 0.333 e. The first-order valence-corrected chi connectivity index (χ1v) is 10.7. The number of carbonyl (C=O) groups is 1. The molecule has 31 heavy (non-hydrogen) atoms. The molecule has 0 aromatic rings. The number of aliphatic imine (C=N–C) groups is 1. The van der Waals surface area contributed by atoms with Crippen molar-refractivity contribution in [3.63, 3.8) is 0 Å². The number of nitrogens with two attached hydrogens (primary N) is 1. The highest BCUT2D eigenvalue weighted by molar-refractivity contribution is 6.00. The third-order valence-electron chi connectivity index (χ3n) is 7.36. The molecule has 5 rings (SSSR count). The first kappa shape index (κ1) is 20.7. The van der Waals surface area contributed by atoms with Gasteiger partial charge in [-0.05, 0) is 30.9 Å². The third-order valence-corrected chi connectivity index (χ3v) is 7.36. The van der Waals surface area contributed by atoms with Crippen molar-refractivity contribution in [2.75, 3.05) is 13.1 Å². The highest BCUT2D eigenvalue weighted by Gasteiger charge is 2.58. The van der Waals surface area contributed by atoms with Crippen LogP contribution < -0.4 is 11.1 Å². The van der Waals surface area contributed by atoms with Crippen molar-refractivity contribution in [2.45, 2.75) is 74.0 Å². The Bertz CT molecular complexity index is 851. The Kier molecular flexibility index (Phi) is 4.62. The minimum absolute atomic E-state index is 0.0491. The van der Waals surface area contributed by atoms with Gasteiger partial charge < -0.3 is 16.0 Å². The number of amides is 2. The molecule has 2 aliphatic carbocycles. The van der Waals surface area contributed by atoms with Gasteiger partial charge >= 0.3 is 6.03 Å². The molecule has 170 valence electrons. The lowest BCUT2D eigenvalue weighted by Gasteiger charge is -2.42. The summed E-state index contributed by atoms with van der Waals surface area (Å²) >= 11 is 0. The van der Waals surface area contributed by atoms with E-state index < -0.39 is 48.0 Å². The first-order chi connectivity index (χ1) is 14.6. The van der Waals surface area contributed by atoms with Gasteiger partial charge in [-0.2, -0.15) is 5.10 Å². The number of allylic oxidation sites excluding steroid dienone is 1. The Hall–Kier alpha value is -2.17. The lowest BCUT2D eigenvalue weighted by Crippen LogP contribution is -2.61. The van der Waals surface area contributed by atoms with E-state index in [1.165, 1.54) is 4.90 Å². The van der Waals surface area contributed by atoms with E-state index in [0.29, 0.717) is 5.84 Å². The van der Waals surface area contributed by atoms with Crippen LogP contribution in [-0.2, 0) is 0 Å². The zero-order valence-corrected chi connectivity index (χ0v) is 17.0. The second-order valence-corrected chi connectivity index (χ2v) is 9.49. The molecule has 2 saturated carbocycles. The summed E-state index contributed by atoms with van der Waals surface area (Å²) in [6.07, 6.45) is 4.37. The second-order valence-electron chi connectivity index (χ2n) is 9.49. The van der Waals surface area contributed by atoms with Crippen LogP contribution >= 0.6 is 0 Å². The highest BCUT2D eigenvalue weighted by Crippen LogP contribution is 2.44. The van der Waals surface area contributed by atoms with Crippen molar-refractivity contribution < 1.29 is 22.4 Å². The monoisotopic (exact) mass is 442 g/mol. The molecule has 3 aliphatic heterocycles. The fraction of sp³-hybridized carbons (Fsp3) is 0.750. The van der Waals surface area contributed by atoms with Crippen LogP contribution in [0.3, 0.4) is 0 Å². The molecule has 1 saturated heterocycles. The molecule has 5 aliphatic rings. The Morgan fingerprint density at radius 1 is 1.19 bits per heavy atom. The number of amidine groups is 1. The van der Waals surface area contributed by atoms with Gasteiger partial charge in [-0.15, -0.1) is 0 Å². The van der Waals surface area contributed by atoms with E-state index >= 15 is 0 Å². The standard InChI is InChI=1S/C20H26F4N6O/c21-19(22)5-3-12(4-6-19)16(25)18(11-30-15(28-18)2-1-7-26-30)10-29-14-9-20(23,24)8-13(14)27-17(29)31/h1-2,7,12-14,16H,3-6,8-11,25H2,(H,27,31)/t13?,14?,16-,18?/m0/s1. The summed E-state index contributed by atoms with van der Waals surface area (Å²) in [5.74, 6) is -5.15. The van der Waals surface area contributed by atoms with Crippen molar-refractivity contribution >= 4 is 18.1 Å². The summed E-state index contributed by atoms with van der Waals surface area (Å²) in [5.41, 5.74) is 5.67. The van der Waals surface area contributed by atoms with Crippen LogP contribution in [0.2, 0.25) is 0 Å². The molecule has 4 atom stereocenters. The summed E-state index contributed by atoms with van der Waals surface area (Å²) in [6.45, 7) is 0.322. The number of nitrogens with zero attached hydrogens (tertiary/aromatic N) is 4. The number of carbonyl (C=O) groups excluding carboxylic acids is 1. The van der Waals surface area contributed by atoms with Crippen LogP contribution in [0.1, 0.15) is 38.5 Å². The number of alkyl halides is 4. The molecule has 2 amide bonds. The summed E-state index contributed by atoms with van der Waals surface area (Å²) in [4.78, 5) is 18.9. The van der Waals surface area contributed by atoms with Gasteiger partial charge in [0.2, 0.25) is 5.92 Å². The molecule has 0 radical (unpaired) electrons. The van der Waals surface area contributed by atoms with Gasteiger partial charge in [-0.3, -0.25) is 4.99 Å². The Balaban J connectivity index is 1.43. The van der Waals surface area contributed by atoms with Gasteiger partial charge in [0.1, 0.15) is 11.4 Å². The SMILES string of the molecule is N[C@@H](C1CCC(F)(F)CC1)C1(CN2C(=O)NC3CC(F)(F)CC32)CN2N=CC=CC2=N1. The van der Waals surface area contributed by atoms with Crippen molar-refractivity contribution in [1.82, 2.24) is 15.2 Å². The number of nitrogens with one attached hydrogen (secondary N) is 1. The van der Waals surface area contributed by atoms with Crippen molar-refractivity contribution in [3.05, 3.63) is 12.2 Å². The third kappa shape index (κ3) is 3.60. The number of hydrogen-bond acceptors (Lipinski definition) is 5. The Morgan fingerprint density at radius 3 is 2.65 bits per heavy atom. The average molecular weight is 442 g/mol. The zero-order valence-electron chi connectivity index (χ0n) is 17.0. The van der Waals surface area contributed by atoms with Gasteiger partial charge in [0.15, 0.2) is 0 Å². The molecule has 3 unspecified atom stereocenters. The number of fused-ring (bicyclic) bond motifs is 2. The van der Waals surface area contributed by atoms with Crippen LogP contribution in [0, 0.1) is 5.92 Å². The molecule has 0 spiro atoms. The lowest BCUT2D eigenvalue weighted by atomic mass is 9.74. The summed E-state index contributed by atoms with van der Waals surface area (Å²) in [6, 6.07) is -2.27. The van der Waals surface area contributed by atoms with Crippen molar-refractivity contribution in [1.29, 1.82) is 0 Å². The molecular formula is C20H26F4N6O. The minimum Gasteiger partial charge on any atom is -0.333 e. The van der Waals surface area contributed by atoms with E-state index in [-0.39, 0.29) is 51.1 Å². The topological polar surface area (TPSA) is 86.3 Å². The number of rotatable bonds is 4. The predicted octanol–water partition coefficient (Wildman–Crippen LogP) is 2.34. The molecule has 0 aromatic carbocycles. The number of hydrazone groups is 1. The quantitative estimate of drug-likeness (QED) is 0.656. The predicted molar refractivity (Wildman–Crippen MR) is 106 cm³/mol. The van der Waals surface area contributed by atoms with E-state index in [1.54, 1.807) is 23.4 Å². The maximum absolute atomic E-state index is 14.0. The zero-order chi connectivity index (χ0) is 22.0. The van der Waals surface area contributed by atoms with E-state index in [9.17, 15) is 22.4 Å². The number of halogens is 4. The van der Waals surface area contributed by atoms with E-state index in [0.717, 1.165) is 0 Å². The van der Waals surface area contributed by atoms with E-state index in [1.807, 2.05) is 0 Å². The first-order valence-electron chi connectivity index (χ1n) is 10.7. The van der Waals surface area contributed by atoms with Crippen LogP contribution in [0.5, 0.6) is 0 Å². The minimum atomic E-state index is -2.84. The Morgan fingerprint density at radius 2 is 1.94 bits per heavy atom. The van der Waals surface area contributed by atoms with Crippen LogP contribution in [0.15, 0.2) is 22.2 Å². The average Bonchev–Trinajstić information content (AvgIpc) is 3.30. The fourth-order valence-electron chi connectivity index (χ4n) is 5.70. The summed E-state index contributed by atoms with van der Waals surface area (Å²) < 4.78 is 55.4. The van der Waals surface area contributed by atoms with Gasteiger partial charge in [0.05, 0.1) is 25.2 Å². The molecule has 11 heteroatoms. The molecule has 3 fully saturated rings. The Labute approximate surface area is 177 Å². The molecule has 3 N–H and O–H groups in total. The lowest BCUT2D eigenvalue weighted by molar-refractivity contribution is -0.0516. The van der Waals surface area contributed by atoms with Gasteiger partial charge in [0, 0.05) is 37.9 Å². The maximum atomic E-state index is 14.0. The second kappa shape index (κ2) is 6.91. The number of hydrogen-bond donors (Lipinski definition) is 2. The van der Waals surface area contributed by atoms with Crippen LogP contribution in [0.25, 0.3) is 0 Å². The normalized spacial score (nSPS) is 36.9. The van der Waals surface area contributed by atoms with Gasteiger partial charge in [-0.1, -0.05) is 0 Å². The van der Waals surface area contributed by atoms with Crippen LogP contribution in [-0.4, -0.2) is 76.6 Å². The number of urea groups is 1. The van der Waals surface area contributed by atoms with Gasteiger partial charge in [0.25, 0.3) is 5.92 Å². The molecular weight excluding hydrogens is 416 g/mol. The summed E-state index contributed by atoms with van der Waals surface area (Å²) in [7, 11) is 0. The molecule has 0 aromatic heterocycles. The fourth-order valence-corrected chi connectivity index (χ4v) is 5.70. The van der Waals surface area contributed by atoms with Crippen molar-refractivity contribution in [3.8, 4) is 0 Å². The van der Waals surface area contributed by atoms with E-state index in [2.05, 4.69) is 10.4 Å². The smallest absolute Gasteiger partial charge is 0.318 e. The van der Waals surface area contributed by atoms with Gasteiger partial charge in [-0.25, -0.2) is 27.4 Å². The van der Waals surface area contributed by atoms with Crippen molar-refractivity contribution in [2.24, 2.45) is 21.7 Å².